The summed E-state index contributed by atoms with van der Waals surface area (Å²) in [6.45, 7) is 2.64. The number of aromatic hydroxyl groups is 1. The lowest BCUT2D eigenvalue weighted by atomic mass is 10.1. The van der Waals surface area contributed by atoms with Crippen LogP contribution in [0.3, 0.4) is 0 Å². The number of hydrogen-bond acceptors (Lipinski definition) is 8. The molecule has 2 N–H and O–H groups in total. The highest BCUT2D eigenvalue weighted by Crippen LogP contribution is 2.38. The Bertz CT molecular complexity index is 1110. The van der Waals surface area contributed by atoms with Crippen molar-refractivity contribution in [1.82, 2.24) is 24.5 Å². The smallest absolute Gasteiger partial charge is 0.278 e. The number of nitrogens with zero attached hydrogens (tertiary/aromatic N) is 5. The molecular weight excluding hydrogens is 407 g/mol. The maximum absolute atomic E-state index is 12.9. The van der Waals surface area contributed by atoms with Crippen molar-refractivity contribution in [2.45, 2.75) is 0 Å². The van der Waals surface area contributed by atoms with Gasteiger partial charge in [-0.15, -0.1) is 0 Å². The molecule has 1 aromatic carbocycles. The third kappa shape index (κ3) is 3.37. The minimum Gasteiger partial charge on any atom is -0.506 e. The van der Waals surface area contributed by atoms with Gasteiger partial charge < -0.3 is 9.84 Å². The molecule has 3 aromatic rings. The second kappa shape index (κ2) is 7.51. The molecule has 28 heavy (non-hydrogen) atoms. The molecule has 4 rings (SSSR count). The minimum absolute atomic E-state index is 0.0124. The molecule has 1 aliphatic heterocycles. The number of benzene rings is 1. The molecule has 146 valence electrons. The third-order valence-corrected chi connectivity index (χ3v) is 5.08. The van der Waals surface area contributed by atoms with Gasteiger partial charge in [0.1, 0.15) is 17.0 Å². The average Bonchev–Trinajstić information content (AvgIpc) is 2.70. The Kier molecular flexibility index (Phi) is 5.07. The van der Waals surface area contributed by atoms with Gasteiger partial charge in [-0.1, -0.05) is 23.2 Å². The summed E-state index contributed by atoms with van der Waals surface area (Å²) in [6, 6.07) is 2.81. The standard InChI is InChI=1S/C17H16Cl2N6O3/c1-24-15-10(8-20-17(22-15)23-25-4-6-28-7-5-25)21-14(16(24)27)12-9(18)2-3-11(26)13(12)19/h2-3,8,26H,4-7H2,1H3,(H,20,22,23). The van der Waals surface area contributed by atoms with Crippen LogP contribution >= 0.6 is 23.2 Å². The molecule has 9 nitrogen and oxygen atoms in total. The van der Waals surface area contributed by atoms with E-state index in [1.165, 1.54) is 22.9 Å². The highest BCUT2D eigenvalue weighted by molar-refractivity contribution is 6.40. The summed E-state index contributed by atoms with van der Waals surface area (Å²) in [7, 11) is 1.58. The fourth-order valence-electron chi connectivity index (χ4n) is 2.91. The maximum atomic E-state index is 12.9. The molecule has 0 unspecified atom stereocenters. The van der Waals surface area contributed by atoms with Crippen LogP contribution in [0.2, 0.25) is 10.0 Å². The molecule has 1 aliphatic rings. The minimum atomic E-state index is -0.446. The average molecular weight is 423 g/mol. The Hall–Kier alpha value is -2.46. The first-order valence-electron chi connectivity index (χ1n) is 8.46. The van der Waals surface area contributed by atoms with Gasteiger partial charge in [-0.25, -0.2) is 15.0 Å². The Labute approximate surface area is 169 Å². The topological polar surface area (TPSA) is 105 Å². The van der Waals surface area contributed by atoms with E-state index in [2.05, 4.69) is 20.4 Å². The van der Waals surface area contributed by atoms with Crippen LogP contribution < -0.4 is 11.0 Å². The number of morpholine rings is 1. The summed E-state index contributed by atoms with van der Waals surface area (Å²) in [5.41, 5.74) is 3.58. The largest absolute Gasteiger partial charge is 0.506 e. The zero-order valence-electron chi connectivity index (χ0n) is 14.8. The summed E-state index contributed by atoms with van der Waals surface area (Å²) in [4.78, 5) is 25.9. The van der Waals surface area contributed by atoms with Crippen molar-refractivity contribution < 1.29 is 9.84 Å². The Morgan fingerprint density at radius 3 is 2.71 bits per heavy atom. The molecule has 0 aliphatic carbocycles. The fourth-order valence-corrected chi connectivity index (χ4v) is 3.46. The quantitative estimate of drug-likeness (QED) is 0.660. The van der Waals surface area contributed by atoms with Crippen LogP contribution in [0, 0.1) is 0 Å². The van der Waals surface area contributed by atoms with E-state index in [0.29, 0.717) is 43.4 Å². The second-order valence-corrected chi connectivity index (χ2v) is 6.98. The summed E-state index contributed by atoms with van der Waals surface area (Å²) in [5.74, 6) is 0.165. The first kappa shape index (κ1) is 18.9. The van der Waals surface area contributed by atoms with Crippen LogP contribution in [0.1, 0.15) is 0 Å². The predicted octanol–water partition coefficient (Wildman–Crippen LogP) is 2.06. The second-order valence-electron chi connectivity index (χ2n) is 6.19. The maximum Gasteiger partial charge on any atom is 0.278 e. The molecule has 11 heteroatoms. The number of hydrogen-bond donors (Lipinski definition) is 2. The zero-order valence-corrected chi connectivity index (χ0v) is 16.3. The number of phenols is 1. The Morgan fingerprint density at radius 1 is 1.21 bits per heavy atom. The van der Waals surface area contributed by atoms with Crippen molar-refractivity contribution in [2.24, 2.45) is 7.05 Å². The number of aromatic nitrogens is 4. The van der Waals surface area contributed by atoms with Gasteiger partial charge in [0.2, 0.25) is 5.95 Å². The van der Waals surface area contributed by atoms with Crippen LogP contribution in [0.25, 0.3) is 22.4 Å². The number of rotatable bonds is 3. The van der Waals surface area contributed by atoms with Crippen LogP contribution in [-0.2, 0) is 11.8 Å². The Balaban J connectivity index is 1.80. The van der Waals surface area contributed by atoms with E-state index < -0.39 is 5.56 Å². The third-order valence-electron chi connectivity index (χ3n) is 4.38. The summed E-state index contributed by atoms with van der Waals surface area (Å²) >= 11 is 12.4. The van der Waals surface area contributed by atoms with Gasteiger partial charge >= 0.3 is 0 Å². The number of ether oxygens (including phenoxy) is 1. The van der Waals surface area contributed by atoms with Gasteiger partial charge in [-0.05, 0) is 12.1 Å². The van der Waals surface area contributed by atoms with Crippen LogP contribution in [-0.4, -0.2) is 55.9 Å². The predicted molar refractivity (Wildman–Crippen MR) is 106 cm³/mol. The highest BCUT2D eigenvalue weighted by Gasteiger charge is 2.20. The summed E-state index contributed by atoms with van der Waals surface area (Å²) < 4.78 is 6.66. The highest BCUT2D eigenvalue weighted by atomic mass is 35.5. The fraction of sp³-hybridized carbons (Fsp3) is 0.294. The van der Waals surface area contributed by atoms with Crippen molar-refractivity contribution in [2.75, 3.05) is 31.7 Å². The molecule has 3 heterocycles. The molecule has 1 saturated heterocycles. The van der Waals surface area contributed by atoms with Crippen LogP contribution in [0.5, 0.6) is 5.75 Å². The lowest BCUT2D eigenvalue weighted by Crippen LogP contribution is -2.40. The van der Waals surface area contributed by atoms with Crippen molar-refractivity contribution in [3.8, 4) is 17.0 Å². The van der Waals surface area contributed by atoms with E-state index in [1.807, 2.05) is 5.01 Å². The van der Waals surface area contributed by atoms with E-state index in [1.54, 1.807) is 7.05 Å². The summed E-state index contributed by atoms with van der Waals surface area (Å²) in [6.07, 6.45) is 1.51. The SMILES string of the molecule is Cn1c(=O)c(-c2c(Cl)ccc(O)c2Cl)nc2cnc(NN3CCOCC3)nc21. The molecular formula is C17H16Cl2N6O3. The number of phenolic OH excluding ortho intramolecular Hbond substituents is 1. The number of anilines is 1. The number of aryl methyl sites for hydroxylation is 1. The molecule has 2 aromatic heterocycles. The first-order chi connectivity index (χ1) is 13.5. The van der Waals surface area contributed by atoms with Gasteiger partial charge in [0.05, 0.1) is 29.5 Å². The van der Waals surface area contributed by atoms with Gasteiger partial charge in [-0.3, -0.25) is 14.8 Å². The van der Waals surface area contributed by atoms with E-state index in [4.69, 9.17) is 27.9 Å². The first-order valence-corrected chi connectivity index (χ1v) is 9.22. The van der Waals surface area contributed by atoms with Gasteiger partial charge in [-0.2, -0.15) is 4.98 Å². The number of nitrogens with one attached hydrogen (secondary N) is 1. The van der Waals surface area contributed by atoms with Crippen LogP contribution in [0.15, 0.2) is 23.1 Å². The number of hydrazine groups is 1. The number of halogens is 2. The zero-order chi connectivity index (χ0) is 19.8. The van der Waals surface area contributed by atoms with Crippen molar-refractivity contribution >= 4 is 40.3 Å². The molecule has 1 fully saturated rings. The molecule has 0 saturated carbocycles. The van der Waals surface area contributed by atoms with E-state index in [-0.39, 0.29) is 27.1 Å². The van der Waals surface area contributed by atoms with E-state index in [0.717, 1.165) is 0 Å². The lowest BCUT2D eigenvalue weighted by Gasteiger charge is -2.26. The van der Waals surface area contributed by atoms with Crippen LogP contribution in [0.4, 0.5) is 5.95 Å². The number of fused-ring (bicyclic) bond motifs is 1. The monoisotopic (exact) mass is 422 g/mol. The lowest BCUT2D eigenvalue weighted by molar-refractivity contribution is 0.0493. The summed E-state index contributed by atoms with van der Waals surface area (Å²) in [5, 5.41) is 12.0. The molecule has 0 radical (unpaired) electrons. The molecule has 0 atom stereocenters. The molecule has 0 spiro atoms. The van der Waals surface area contributed by atoms with Gasteiger partial charge in [0.15, 0.2) is 5.65 Å². The van der Waals surface area contributed by atoms with Crippen molar-refractivity contribution in [1.29, 1.82) is 0 Å². The van der Waals surface area contributed by atoms with Gasteiger partial charge in [0, 0.05) is 25.7 Å². The molecule has 0 bridgehead atoms. The normalized spacial score (nSPS) is 15.1. The Morgan fingerprint density at radius 2 is 1.96 bits per heavy atom. The van der Waals surface area contributed by atoms with Gasteiger partial charge in [0.25, 0.3) is 5.56 Å². The van der Waals surface area contributed by atoms with Crippen molar-refractivity contribution in [3.63, 3.8) is 0 Å². The molecule has 0 amide bonds. The van der Waals surface area contributed by atoms with E-state index >= 15 is 0 Å². The van der Waals surface area contributed by atoms with E-state index in [9.17, 15) is 9.90 Å². The van der Waals surface area contributed by atoms with Crippen molar-refractivity contribution in [3.05, 3.63) is 38.7 Å².